The summed E-state index contributed by atoms with van der Waals surface area (Å²) in [5.41, 5.74) is 0.422. The minimum absolute atomic E-state index is 0.181. The molecule has 0 saturated carbocycles. The molecular weight excluding hydrogens is 270 g/mol. The molecule has 1 unspecified atom stereocenters. The minimum atomic E-state index is -0.775. The van der Waals surface area contributed by atoms with Crippen LogP contribution in [0.4, 0.5) is 8.78 Å². The molecule has 1 atom stereocenters. The van der Waals surface area contributed by atoms with Crippen LogP contribution in [0.3, 0.4) is 0 Å². The van der Waals surface area contributed by atoms with Gasteiger partial charge in [-0.2, -0.15) is 0 Å². The van der Waals surface area contributed by atoms with Crippen molar-refractivity contribution in [3.8, 4) is 0 Å². The number of hydrogen-bond donors (Lipinski definition) is 1. The van der Waals surface area contributed by atoms with Crippen LogP contribution >= 0.6 is 0 Å². The molecule has 0 saturated heterocycles. The maximum atomic E-state index is 14.1. The van der Waals surface area contributed by atoms with Crippen LogP contribution in [-0.4, -0.2) is 31.1 Å². The van der Waals surface area contributed by atoms with E-state index in [1.165, 1.54) is 6.07 Å². The van der Waals surface area contributed by atoms with Crippen molar-refractivity contribution >= 4 is 0 Å². The van der Waals surface area contributed by atoms with Crippen molar-refractivity contribution in [2.75, 3.05) is 26.2 Å². The second-order valence-corrected chi connectivity index (χ2v) is 5.90. The second-order valence-electron chi connectivity index (χ2n) is 5.90. The van der Waals surface area contributed by atoms with Gasteiger partial charge in [-0.25, -0.2) is 8.78 Å². The molecule has 0 fully saturated rings. The number of hydrogen-bond acceptors (Lipinski definition) is 2. The quantitative estimate of drug-likeness (QED) is 0.742. The average molecular weight is 298 g/mol. The van der Waals surface area contributed by atoms with Gasteiger partial charge in [0.1, 0.15) is 0 Å². The predicted octanol–water partition coefficient (Wildman–Crippen LogP) is 3.98. The van der Waals surface area contributed by atoms with Gasteiger partial charge in [0.15, 0.2) is 11.6 Å². The van der Waals surface area contributed by atoms with Crippen molar-refractivity contribution in [2.24, 2.45) is 5.92 Å². The van der Waals surface area contributed by atoms with Crippen LogP contribution in [0.2, 0.25) is 0 Å². The minimum Gasteiger partial charge on any atom is -0.309 e. The highest BCUT2D eigenvalue weighted by atomic mass is 19.2. The first-order valence-corrected chi connectivity index (χ1v) is 7.89. The van der Waals surface area contributed by atoms with Gasteiger partial charge in [0, 0.05) is 24.7 Å². The number of nitrogens with zero attached hydrogens (tertiary/aromatic N) is 1. The van der Waals surface area contributed by atoms with E-state index in [1.54, 1.807) is 12.1 Å². The maximum absolute atomic E-state index is 14.1. The Hall–Kier alpha value is -1.00. The zero-order valence-electron chi connectivity index (χ0n) is 13.6. The Bertz CT molecular complexity index is 421. The molecule has 0 amide bonds. The fourth-order valence-electron chi connectivity index (χ4n) is 2.49. The van der Waals surface area contributed by atoms with Gasteiger partial charge < -0.3 is 10.2 Å². The Labute approximate surface area is 127 Å². The van der Waals surface area contributed by atoms with Gasteiger partial charge in [0.2, 0.25) is 0 Å². The molecule has 1 aromatic rings. The summed E-state index contributed by atoms with van der Waals surface area (Å²) < 4.78 is 27.5. The third kappa shape index (κ3) is 5.71. The van der Waals surface area contributed by atoms with Crippen molar-refractivity contribution < 1.29 is 8.78 Å². The van der Waals surface area contributed by atoms with E-state index in [4.69, 9.17) is 0 Å². The largest absolute Gasteiger partial charge is 0.309 e. The van der Waals surface area contributed by atoms with Gasteiger partial charge in [0.25, 0.3) is 0 Å². The third-order valence-electron chi connectivity index (χ3n) is 3.51. The first-order chi connectivity index (χ1) is 9.99. The van der Waals surface area contributed by atoms with Gasteiger partial charge in [0.05, 0.1) is 0 Å². The number of nitrogens with one attached hydrogen (secondary N) is 1. The van der Waals surface area contributed by atoms with Crippen LogP contribution in [0, 0.1) is 17.6 Å². The van der Waals surface area contributed by atoms with Gasteiger partial charge in [-0.05, 0) is 31.5 Å². The Morgan fingerprint density at radius 1 is 1.14 bits per heavy atom. The monoisotopic (exact) mass is 298 g/mol. The molecule has 0 aliphatic carbocycles. The average Bonchev–Trinajstić information content (AvgIpc) is 2.45. The van der Waals surface area contributed by atoms with E-state index < -0.39 is 11.6 Å². The number of halogens is 2. The van der Waals surface area contributed by atoms with E-state index in [-0.39, 0.29) is 6.04 Å². The zero-order valence-corrected chi connectivity index (χ0v) is 13.6. The second kappa shape index (κ2) is 9.11. The van der Waals surface area contributed by atoms with Crippen LogP contribution in [0.1, 0.15) is 45.7 Å². The highest BCUT2D eigenvalue weighted by molar-refractivity contribution is 5.23. The zero-order chi connectivity index (χ0) is 15.8. The molecule has 0 aromatic heterocycles. The Morgan fingerprint density at radius 2 is 1.86 bits per heavy atom. The molecule has 0 aliphatic heterocycles. The van der Waals surface area contributed by atoms with E-state index in [9.17, 15) is 8.78 Å². The van der Waals surface area contributed by atoms with Crippen molar-refractivity contribution in [3.63, 3.8) is 0 Å². The molecule has 4 heteroatoms. The summed E-state index contributed by atoms with van der Waals surface area (Å²) in [6, 6.07) is 4.24. The molecule has 2 nitrogen and oxygen atoms in total. The molecule has 0 radical (unpaired) electrons. The smallest absolute Gasteiger partial charge is 0.163 e. The summed E-state index contributed by atoms with van der Waals surface area (Å²) in [4.78, 5) is 2.28. The van der Waals surface area contributed by atoms with Crippen LogP contribution in [0.5, 0.6) is 0 Å². The summed E-state index contributed by atoms with van der Waals surface area (Å²) in [6.45, 7) is 11.8. The molecule has 1 N–H and O–H groups in total. The van der Waals surface area contributed by atoms with Crippen molar-refractivity contribution in [1.82, 2.24) is 10.2 Å². The van der Waals surface area contributed by atoms with Gasteiger partial charge in [-0.1, -0.05) is 39.8 Å². The number of rotatable bonds is 9. The summed E-state index contributed by atoms with van der Waals surface area (Å²) in [5, 5.41) is 3.34. The van der Waals surface area contributed by atoms with E-state index in [1.807, 2.05) is 0 Å². The van der Waals surface area contributed by atoms with Crippen molar-refractivity contribution in [2.45, 2.75) is 40.2 Å². The predicted molar refractivity (Wildman–Crippen MR) is 84.3 cm³/mol. The topological polar surface area (TPSA) is 15.3 Å². The van der Waals surface area contributed by atoms with E-state index >= 15 is 0 Å². The molecule has 120 valence electrons. The molecule has 0 spiro atoms. The van der Waals surface area contributed by atoms with E-state index in [0.717, 1.165) is 26.1 Å². The summed E-state index contributed by atoms with van der Waals surface area (Å²) in [7, 11) is 0. The van der Waals surface area contributed by atoms with Crippen LogP contribution in [-0.2, 0) is 0 Å². The molecule has 0 heterocycles. The first kappa shape index (κ1) is 18.1. The van der Waals surface area contributed by atoms with E-state index in [0.29, 0.717) is 18.0 Å². The van der Waals surface area contributed by atoms with Gasteiger partial charge >= 0.3 is 0 Å². The Kier molecular flexibility index (Phi) is 7.83. The molecule has 0 aliphatic rings. The molecule has 21 heavy (non-hydrogen) atoms. The fourth-order valence-corrected chi connectivity index (χ4v) is 2.49. The highest BCUT2D eigenvalue weighted by Gasteiger charge is 2.20. The molecule has 1 aromatic carbocycles. The number of benzene rings is 1. The summed E-state index contributed by atoms with van der Waals surface area (Å²) in [5.74, 6) is -0.955. The van der Waals surface area contributed by atoms with Crippen LogP contribution in [0.25, 0.3) is 0 Å². The first-order valence-electron chi connectivity index (χ1n) is 7.89. The number of likely N-dealkylation sites (N-methyl/N-ethyl adjacent to an activating group) is 1. The fraction of sp³-hybridized carbons (Fsp3) is 0.647. The van der Waals surface area contributed by atoms with Gasteiger partial charge in [-0.15, -0.1) is 0 Å². The molecule has 1 rings (SSSR count). The third-order valence-corrected chi connectivity index (χ3v) is 3.51. The maximum Gasteiger partial charge on any atom is 0.163 e. The lowest BCUT2D eigenvalue weighted by Crippen LogP contribution is -2.38. The summed E-state index contributed by atoms with van der Waals surface area (Å²) in [6.07, 6.45) is 0.962. The standard InChI is InChI=1S/C17H28F2N2/c1-5-10-20-16(12-21(6-2)11-13(3)4)14-8-7-9-15(18)17(14)19/h7-9,13,16,20H,5-6,10-12H2,1-4H3. The SMILES string of the molecule is CCCNC(CN(CC)CC(C)C)c1cccc(F)c1F. The Balaban J connectivity index is 2.91. The Morgan fingerprint density at radius 3 is 2.43 bits per heavy atom. The molecule has 0 bridgehead atoms. The van der Waals surface area contributed by atoms with Crippen LogP contribution < -0.4 is 5.32 Å². The lowest BCUT2D eigenvalue weighted by Gasteiger charge is -2.29. The van der Waals surface area contributed by atoms with Crippen LogP contribution in [0.15, 0.2) is 18.2 Å². The van der Waals surface area contributed by atoms with Gasteiger partial charge in [-0.3, -0.25) is 0 Å². The van der Waals surface area contributed by atoms with Crippen molar-refractivity contribution in [1.29, 1.82) is 0 Å². The summed E-state index contributed by atoms with van der Waals surface area (Å²) >= 11 is 0. The highest BCUT2D eigenvalue weighted by Crippen LogP contribution is 2.21. The van der Waals surface area contributed by atoms with E-state index in [2.05, 4.69) is 37.9 Å². The lowest BCUT2D eigenvalue weighted by atomic mass is 10.0. The lowest BCUT2D eigenvalue weighted by molar-refractivity contribution is 0.226. The molecular formula is C17H28F2N2. The van der Waals surface area contributed by atoms with Crippen molar-refractivity contribution in [3.05, 3.63) is 35.4 Å². The normalized spacial score (nSPS) is 13.1.